The molecular weight excluding hydrogens is 506 g/mol. The van der Waals surface area contributed by atoms with Gasteiger partial charge in [0.15, 0.2) is 11.5 Å². The highest BCUT2D eigenvalue weighted by molar-refractivity contribution is 5.89. The fourth-order valence-corrected chi connectivity index (χ4v) is 4.63. The molecule has 9 heteroatoms. The van der Waals surface area contributed by atoms with Crippen molar-refractivity contribution in [3.05, 3.63) is 83.9 Å². The van der Waals surface area contributed by atoms with Crippen LogP contribution in [0, 0.1) is 5.92 Å². The normalized spacial score (nSPS) is 11.8. The van der Waals surface area contributed by atoms with Crippen molar-refractivity contribution in [1.82, 2.24) is 25.2 Å². The summed E-state index contributed by atoms with van der Waals surface area (Å²) in [5.41, 5.74) is 3.16. The van der Waals surface area contributed by atoms with E-state index < -0.39 is 6.04 Å². The van der Waals surface area contributed by atoms with Crippen molar-refractivity contribution in [3.8, 4) is 11.5 Å². The molecular formula is C31H37N5O4. The van der Waals surface area contributed by atoms with E-state index >= 15 is 0 Å². The first-order valence-electron chi connectivity index (χ1n) is 13.5. The van der Waals surface area contributed by atoms with E-state index in [-0.39, 0.29) is 18.4 Å². The van der Waals surface area contributed by atoms with Gasteiger partial charge in [-0.3, -0.25) is 9.59 Å². The number of hydrogen-bond donors (Lipinski definition) is 1. The highest BCUT2D eigenvalue weighted by Crippen LogP contribution is 2.29. The third kappa shape index (κ3) is 6.97. The summed E-state index contributed by atoms with van der Waals surface area (Å²) < 4.78 is 12.4. The molecule has 4 rings (SSSR count). The maximum absolute atomic E-state index is 14.0. The van der Waals surface area contributed by atoms with Crippen LogP contribution in [0.25, 0.3) is 11.0 Å². The molecule has 1 aromatic heterocycles. The molecule has 2 amide bonds. The zero-order valence-electron chi connectivity index (χ0n) is 23.5. The molecule has 0 fully saturated rings. The smallest absolute Gasteiger partial charge is 0.247 e. The average molecular weight is 544 g/mol. The maximum atomic E-state index is 14.0. The molecule has 0 saturated heterocycles. The molecule has 1 N–H and O–H groups in total. The second-order valence-electron chi connectivity index (χ2n) is 10.0. The van der Waals surface area contributed by atoms with Gasteiger partial charge in [-0.1, -0.05) is 67.6 Å². The van der Waals surface area contributed by atoms with Gasteiger partial charge in [0.25, 0.3) is 0 Å². The predicted octanol–water partition coefficient (Wildman–Crippen LogP) is 4.42. The summed E-state index contributed by atoms with van der Waals surface area (Å²) in [7, 11) is 3.18. The van der Waals surface area contributed by atoms with Crippen molar-refractivity contribution in [2.75, 3.05) is 27.3 Å². The van der Waals surface area contributed by atoms with E-state index in [2.05, 4.69) is 29.5 Å². The molecule has 1 atom stereocenters. The van der Waals surface area contributed by atoms with Gasteiger partial charge < -0.3 is 19.7 Å². The predicted molar refractivity (Wildman–Crippen MR) is 154 cm³/mol. The Kier molecular flexibility index (Phi) is 9.72. The number of amides is 2. The maximum Gasteiger partial charge on any atom is 0.247 e. The number of carbonyl (C=O) groups is 2. The fraction of sp³-hybridized carbons (Fsp3) is 0.355. The summed E-state index contributed by atoms with van der Waals surface area (Å²) >= 11 is 0. The molecule has 4 aromatic rings. The van der Waals surface area contributed by atoms with Gasteiger partial charge in [0.05, 0.1) is 19.7 Å². The Labute approximate surface area is 235 Å². The lowest BCUT2D eigenvalue weighted by molar-refractivity contribution is -0.141. The van der Waals surface area contributed by atoms with Crippen LogP contribution >= 0.6 is 0 Å². The first-order chi connectivity index (χ1) is 19.4. The Morgan fingerprint density at radius 1 is 0.950 bits per heavy atom. The zero-order valence-corrected chi connectivity index (χ0v) is 23.5. The minimum absolute atomic E-state index is 0.0466. The average Bonchev–Trinajstić information content (AvgIpc) is 3.37. The van der Waals surface area contributed by atoms with E-state index in [9.17, 15) is 9.59 Å². The molecule has 0 aliphatic heterocycles. The van der Waals surface area contributed by atoms with Crippen LogP contribution in [-0.4, -0.2) is 59.0 Å². The summed E-state index contributed by atoms with van der Waals surface area (Å²) in [6, 6.07) is 21.8. The van der Waals surface area contributed by atoms with Crippen molar-refractivity contribution >= 4 is 22.8 Å². The van der Waals surface area contributed by atoms with E-state index in [1.165, 1.54) is 0 Å². The first kappa shape index (κ1) is 28.6. The lowest BCUT2D eigenvalue weighted by Gasteiger charge is -2.32. The van der Waals surface area contributed by atoms with Crippen LogP contribution in [0.1, 0.15) is 37.4 Å². The Bertz CT molecular complexity index is 1420. The SMILES string of the molecule is COc1ccc(CCN(C(=O)Cn2nnc3ccccc32)[C@@H](C(=O)NCCC(C)C)c2ccccc2)cc1OC. The number of nitrogens with one attached hydrogen (secondary N) is 1. The summed E-state index contributed by atoms with van der Waals surface area (Å²) in [6.45, 7) is 5.02. The molecule has 1 heterocycles. The zero-order chi connectivity index (χ0) is 28.5. The number of aromatic nitrogens is 3. The highest BCUT2D eigenvalue weighted by Gasteiger charge is 2.31. The second kappa shape index (κ2) is 13.6. The summed E-state index contributed by atoms with van der Waals surface area (Å²) in [4.78, 5) is 29.4. The number of hydrogen-bond acceptors (Lipinski definition) is 6. The van der Waals surface area contributed by atoms with Crippen LogP contribution in [0.5, 0.6) is 11.5 Å². The quantitative estimate of drug-likeness (QED) is 0.268. The Morgan fingerprint density at radius 3 is 2.40 bits per heavy atom. The van der Waals surface area contributed by atoms with Gasteiger partial charge in [-0.2, -0.15) is 0 Å². The van der Waals surface area contributed by atoms with Gasteiger partial charge in [0.1, 0.15) is 18.1 Å². The second-order valence-corrected chi connectivity index (χ2v) is 10.0. The summed E-state index contributed by atoms with van der Waals surface area (Å²) in [5.74, 6) is 1.24. The molecule has 9 nitrogen and oxygen atoms in total. The number of fused-ring (bicyclic) bond motifs is 1. The van der Waals surface area contributed by atoms with E-state index in [1.54, 1.807) is 23.8 Å². The van der Waals surface area contributed by atoms with Crippen molar-refractivity contribution < 1.29 is 19.1 Å². The van der Waals surface area contributed by atoms with Crippen LogP contribution in [0.15, 0.2) is 72.8 Å². The van der Waals surface area contributed by atoms with Gasteiger partial charge in [0.2, 0.25) is 11.8 Å². The molecule has 210 valence electrons. The first-order valence-corrected chi connectivity index (χ1v) is 13.5. The van der Waals surface area contributed by atoms with Crippen LogP contribution in [-0.2, 0) is 22.6 Å². The molecule has 0 radical (unpaired) electrons. The van der Waals surface area contributed by atoms with Crippen LogP contribution in [0.2, 0.25) is 0 Å². The number of carbonyl (C=O) groups excluding carboxylic acids is 2. The van der Waals surface area contributed by atoms with E-state index in [0.29, 0.717) is 42.4 Å². The van der Waals surface area contributed by atoms with Gasteiger partial charge >= 0.3 is 0 Å². The minimum atomic E-state index is -0.809. The van der Waals surface area contributed by atoms with Gasteiger partial charge in [-0.15, -0.1) is 5.10 Å². The van der Waals surface area contributed by atoms with Crippen LogP contribution in [0.3, 0.4) is 0 Å². The number of methoxy groups -OCH3 is 2. The fourth-order valence-electron chi connectivity index (χ4n) is 4.63. The number of rotatable bonds is 13. The molecule has 3 aromatic carbocycles. The Morgan fingerprint density at radius 2 is 1.68 bits per heavy atom. The molecule has 0 spiro atoms. The Hall–Kier alpha value is -4.40. The summed E-state index contributed by atoms with van der Waals surface area (Å²) in [6.07, 6.45) is 1.35. The number of para-hydroxylation sites is 1. The van der Waals surface area contributed by atoms with Gasteiger partial charge in [0, 0.05) is 13.1 Å². The van der Waals surface area contributed by atoms with Crippen LogP contribution < -0.4 is 14.8 Å². The van der Waals surface area contributed by atoms with E-state index in [4.69, 9.17) is 9.47 Å². The molecule has 40 heavy (non-hydrogen) atoms. The largest absolute Gasteiger partial charge is 0.493 e. The third-order valence-electron chi connectivity index (χ3n) is 6.81. The number of ether oxygens (including phenoxy) is 2. The highest BCUT2D eigenvalue weighted by atomic mass is 16.5. The molecule has 0 saturated carbocycles. The number of nitrogens with zero attached hydrogens (tertiary/aromatic N) is 4. The summed E-state index contributed by atoms with van der Waals surface area (Å²) in [5, 5.41) is 11.5. The number of benzene rings is 3. The lowest BCUT2D eigenvalue weighted by Crippen LogP contribution is -2.46. The lowest BCUT2D eigenvalue weighted by atomic mass is 10.0. The van der Waals surface area contributed by atoms with Crippen molar-refractivity contribution in [1.29, 1.82) is 0 Å². The molecule has 0 unspecified atom stereocenters. The molecule has 0 aliphatic rings. The topological polar surface area (TPSA) is 98.6 Å². The van der Waals surface area contributed by atoms with Crippen molar-refractivity contribution in [2.45, 2.75) is 39.3 Å². The van der Waals surface area contributed by atoms with Gasteiger partial charge in [-0.05, 0) is 54.2 Å². The standard InChI is InChI=1S/C31H37N5O4/c1-22(2)16-18-32-31(38)30(24-10-6-5-7-11-24)35(19-17-23-14-15-27(39-3)28(20-23)40-4)29(37)21-36-26-13-9-8-12-25(26)33-34-36/h5-15,20,22,30H,16-19,21H2,1-4H3,(H,32,38)/t30-/m1/s1. The molecule has 0 aliphatic carbocycles. The molecule has 0 bridgehead atoms. The van der Waals surface area contributed by atoms with Crippen LogP contribution in [0.4, 0.5) is 0 Å². The van der Waals surface area contributed by atoms with Crippen molar-refractivity contribution in [3.63, 3.8) is 0 Å². The van der Waals surface area contributed by atoms with E-state index in [0.717, 1.165) is 23.1 Å². The Balaban J connectivity index is 1.67. The van der Waals surface area contributed by atoms with E-state index in [1.807, 2.05) is 72.8 Å². The monoisotopic (exact) mass is 543 g/mol. The third-order valence-corrected chi connectivity index (χ3v) is 6.81. The van der Waals surface area contributed by atoms with Gasteiger partial charge in [-0.25, -0.2) is 4.68 Å². The minimum Gasteiger partial charge on any atom is -0.493 e. The van der Waals surface area contributed by atoms with Crippen molar-refractivity contribution in [2.24, 2.45) is 5.92 Å².